The fourth-order valence-electron chi connectivity index (χ4n) is 3.12. The summed E-state index contributed by atoms with van der Waals surface area (Å²) in [6.45, 7) is 0.505. The Hall–Kier alpha value is -2.38. The monoisotopic (exact) mass is 388 g/mol. The number of amides is 2. The minimum atomic E-state index is -1.06. The molecule has 1 atom stereocenters. The largest absolute Gasteiger partial charge is 0.493 e. The third kappa shape index (κ3) is 4.48. The molecule has 0 radical (unpaired) electrons. The van der Waals surface area contributed by atoms with E-state index in [2.05, 4.69) is 10.6 Å². The van der Waals surface area contributed by atoms with Crippen molar-refractivity contribution in [3.8, 4) is 11.5 Å². The number of fused-ring (bicyclic) bond motifs is 1. The van der Waals surface area contributed by atoms with Crippen LogP contribution in [0.4, 0.5) is 4.79 Å². The summed E-state index contributed by atoms with van der Waals surface area (Å²) >= 11 is 1.67. The zero-order valence-electron chi connectivity index (χ0n) is 15.5. The maximum Gasteiger partial charge on any atom is 0.315 e. The summed E-state index contributed by atoms with van der Waals surface area (Å²) in [4.78, 5) is 12.2. The number of rotatable bonds is 6. The van der Waals surface area contributed by atoms with E-state index in [1.807, 2.05) is 36.4 Å². The van der Waals surface area contributed by atoms with Crippen LogP contribution in [0.25, 0.3) is 0 Å². The van der Waals surface area contributed by atoms with Crippen LogP contribution in [0.5, 0.6) is 11.5 Å². The molecule has 0 spiro atoms. The van der Waals surface area contributed by atoms with Crippen LogP contribution in [0.1, 0.15) is 16.7 Å². The standard InChI is InChI=1S/C20H24N2O4S/c1-25-17-8-7-14(9-18(17)26-2)10-21-19(23)22-12-20(24)13-27-11-15-5-3-4-6-16(15)20/h3-9,24H,10-13H2,1-2H3,(H2,21,22,23). The first kappa shape index (κ1) is 19.4. The van der Waals surface area contributed by atoms with Gasteiger partial charge in [0.15, 0.2) is 11.5 Å². The van der Waals surface area contributed by atoms with Crippen molar-refractivity contribution in [1.82, 2.24) is 10.6 Å². The van der Waals surface area contributed by atoms with Crippen LogP contribution >= 0.6 is 11.8 Å². The van der Waals surface area contributed by atoms with E-state index in [-0.39, 0.29) is 12.6 Å². The summed E-state index contributed by atoms with van der Waals surface area (Å²) in [5.74, 6) is 2.69. The predicted molar refractivity (Wildman–Crippen MR) is 106 cm³/mol. The first-order valence-electron chi connectivity index (χ1n) is 8.67. The molecule has 1 aliphatic rings. The third-order valence-electron chi connectivity index (χ3n) is 4.56. The molecule has 0 saturated heterocycles. The molecule has 0 fully saturated rings. The molecule has 27 heavy (non-hydrogen) atoms. The van der Waals surface area contributed by atoms with Crippen molar-refractivity contribution >= 4 is 17.8 Å². The van der Waals surface area contributed by atoms with Crippen LogP contribution < -0.4 is 20.1 Å². The van der Waals surface area contributed by atoms with Crippen LogP contribution in [-0.4, -0.2) is 37.7 Å². The molecule has 1 aliphatic heterocycles. The Bertz CT molecular complexity index is 814. The van der Waals surface area contributed by atoms with Crippen molar-refractivity contribution in [3.63, 3.8) is 0 Å². The van der Waals surface area contributed by atoms with Gasteiger partial charge in [0.25, 0.3) is 0 Å². The van der Waals surface area contributed by atoms with Gasteiger partial charge >= 0.3 is 6.03 Å². The topological polar surface area (TPSA) is 79.8 Å². The van der Waals surface area contributed by atoms with Crippen LogP contribution in [0.15, 0.2) is 42.5 Å². The van der Waals surface area contributed by atoms with E-state index in [1.165, 1.54) is 0 Å². The Kier molecular flexibility index (Phi) is 6.13. The Labute approximate surface area is 163 Å². The Morgan fingerprint density at radius 2 is 1.93 bits per heavy atom. The first-order valence-corrected chi connectivity index (χ1v) is 9.82. The number of thioether (sulfide) groups is 1. The summed E-state index contributed by atoms with van der Waals surface area (Å²) in [6.07, 6.45) is 0. The molecule has 0 bridgehead atoms. The van der Waals surface area contributed by atoms with Gasteiger partial charge in [0.1, 0.15) is 5.60 Å². The number of benzene rings is 2. The zero-order valence-corrected chi connectivity index (χ0v) is 16.3. The number of urea groups is 1. The molecule has 2 aromatic rings. The molecule has 0 aromatic heterocycles. The quantitative estimate of drug-likeness (QED) is 0.709. The second-order valence-electron chi connectivity index (χ2n) is 6.41. The number of hydrogen-bond acceptors (Lipinski definition) is 5. The van der Waals surface area contributed by atoms with Gasteiger partial charge in [0, 0.05) is 18.1 Å². The molecule has 1 heterocycles. The Morgan fingerprint density at radius 3 is 2.70 bits per heavy atom. The second-order valence-corrected chi connectivity index (χ2v) is 7.39. The van der Waals surface area contributed by atoms with Crippen LogP contribution in [0.3, 0.4) is 0 Å². The third-order valence-corrected chi connectivity index (χ3v) is 5.76. The van der Waals surface area contributed by atoms with Crippen molar-refractivity contribution in [2.24, 2.45) is 0 Å². The summed E-state index contributed by atoms with van der Waals surface area (Å²) in [5.41, 5.74) is 1.84. The van der Waals surface area contributed by atoms with Gasteiger partial charge in [-0.05, 0) is 28.8 Å². The highest BCUT2D eigenvalue weighted by Crippen LogP contribution is 2.35. The van der Waals surface area contributed by atoms with Gasteiger partial charge in [-0.3, -0.25) is 0 Å². The van der Waals surface area contributed by atoms with E-state index in [0.717, 1.165) is 22.4 Å². The highest BCUT2D eigenvalue weighted by Gasteiger charge is 2.34. The lowest BCUT2D eigenvalue weighted by Gasteiger charge is -2.34. The highest BCUT2D eigenvalue weighted by molar-refractivity contribution is 7.98. The lowest BCUT2D eigenvalue weighted by atomic mass is 9.91. The predicted octanol–water partition coefficient (Wildman–Crippen LogP) is 2.64. The molecule has 3 rings (SSSR count). The Balaban J connectivity index is 1.56. The number of aliphatic hydroxyl groups is 1. The van der Waals surface area contributed by atoms with E-state index in [9.17, 15) is 9.90 Å². The number of methoxy groups -OCH3 is 2. The number of hydrogen-bond donors (Lipinski definition) is 3. The number of ether oxygens (including phenoxy) is 2. The smallest absolute Gasteiger partial charge is 0.315 e. The van der Waals surface area contributed by atoms with Crippen LogP contribution in [0, 0.1) is 0 Å². The molecule has 1 unspecified atom stereocenters. The molecular formula is C20H24N2O4S. The average Bonchev–Trinajstić information content (AvgIpc) is 2.71. The summed E-state index contributed by atoms with van der Waals surface area (Å²) in [5, 5.41) is 16.6. The second kappa shape index (κ2) is 8.54. The van der Waals surface area contributed by atoms with Crippen molar-refractivity contribution in [1.29, 1.82) is 0 Å². The van der Waals surface area contributed by atoms with Crippen molar-refractivity contribution in [2.75, 3.05) is 26.5 Å². The molecular weight excluding hydrogens is 364 g/mol. The van der Waals surface area contributed by atoms with Crippen molar-refractivity contribution in [3.05, 3.63) is 59.2 Å². The maximum atomic E-state index is 12.2. The number of carbonyl (C=O) groups excluding carboxylic acids is 1. The summed E-state index contributed by atoms with van der Waals surface area (Å²) in [6, 6.07) is 13.0. The molecule has 7 heteroatoms. The van der Waals surface area contributed by atoms with Crippen LogP contribution in [0.2, 0.25) is 0 Å². The minimum Gasteiger partial charge on any atom is -0.493 e. The van der Waals surface area contributed by atoms with E-state index in [4.69, 9.17) is 9.47 Å². The van der Waals surface area contributed by atoms with E-state index < -0.39 is 5.60 Å². The number of nitrogens with one attached hydrogen (secondary N) is 2. The molecule has 0 saturated carbocycles. The van der Waals surface area contributed by atoms with Crippen molar-refractivity contribution < 1.29 is 19.4 Å². The van der Waals surface area contributed by atoms with Gasteiger partial charge in [-0.25, -0.2) is 4.79 Å². The van der Waals surface area contributed by atoms with Gasteiger partial charge in [-0.1, -0.05) is 30.3 Å². The first-order chi connectivity index (χ1) is 13.1. The van der Waals surface area contributed by atoms with Gasteiger partial charge in [0.2, 0.25) is 0 Å². The molecule has 2 amide bonds. The van der Waals surface area contributed by atoms with Gasteiger partial charge < -0.3 is 25.2 Å². The molecule has 6 nitrogen and oxygen atoms in total. The van der Waals surface area contributed by atoms with Gasteiger partial charge in [-0.15, -0.1) is 0 Å². The average molecular weight is 388 g/mol. The van der Waals surface area contributed by atoms with Gasteiger partial charge in [0.05, 0.1) is 20.8 Å². The fraction of sp³-hybridized carbons (Fsp3) is 0.350. The normalized spacial score (nSPS) is 18.3. The highest BCUT2D eigenvalue weighted by atomic mass is 32.2. The molecule has 3 N–H and O–H groups in total. The fourth-order valence-corrected chi connectivity index (χ4v) is 4.28. The Morgan fingerprint density at radius 1 is 1.15 bits per heavy atom. The van der Waals surface area contributed by atoms with Crippen molar-refractivity contribution in [2.45, 2.75) is 17.9 Å². The van der Waals surface area contributed by atoms with Crippen LogP contribution in [-0.2, 0) is 17.9 Å². The van der Waals surface area contributed by atoms with E-state index in [1.54, 1.807) is 32.0 Å². The zero-order chi connectivity index (χ0) is 19.3. The summed E-state index contributed by atoms with van der Waals surface area (Å²) in [7, 11) is 3.15. The van der Waals surface area contributed by atoms with E-state index in [0.29, 0.717) is 23.8 Å². The minimum absolute atomic E-state index is 0.161. The number of carbonyl (C=O) groups is 1. The molecule has 144 valence electrons. The van der Waals surface area contributed by atoms with Gasteiger partial charge in [-0.2, -0.15) is 11.8 Å². The summed E-state index contributed by atoms with van der Waals surface area (Å²) < 4.78 is 10.5. The molecule has 0 aliphatic carbocycles. The van der Waals surface area contributed by atoms with E-state index >= 15 is 0 Å². The maximum absolute atomic E-state index is 12.2. The SMILES string of the molecule is COc1ccc(CNC(=O)NCC2(O)CSCc3ccccc32)cc1OC. The molecule has 2 aromatic carbocycles. The lowest BCUT2D eigenvalue weighted by Crippen LogP contribution is -2.47. The lowest BCUT2D eigenvalue weighted by molar-refractivity contribution is 0.0625.